The second-order valence-corrected chi connectivity index (χ2v) is 10.5. The fourth-order valence-corrected chi connectivity index (χ4v) is 7.10. The lowest BCUT2D eigenvalue weighted by Crippen LogP contribution is -2.67. The minimum absolute atomic E-state index is 0.0166. The van der Waals surface area contributed by atoms with E-state index in [-0.39, 0.29) is 17.6 Å². The molecule has 2 fully saturated rings. The second-order valence-electron chi connectivity index (χ2n) is 8.72. The Kier molecular flexibility index (Phi) is 7.03. The molecule has 2 bridgehead atoms. The number of benzene rings is 1. The monoisotopic (exact) mass is 542 g/mol. The topological polar surface area (TPSA) is 63.4 Å². The third-order valence-electron chi connectivity index (χ3n) is 6.87. The third-order valence-corrected chi connectivity index (χ3v) is 8.85. The Morgan fingerprint density at radius 2 is 1.57 bits per heavy atom. The molecule has 0 saturated heterocycles. The molecule has 15 heteroatoms. The van der Waals surface area contributed by atoms with Crippen LogP contribution in [0, 0.1) is 22.7 Å². The molecule has 0 aromatic heterocycles. The van der Waals surface area contributed by atoms with Gasteiger partial charge in [0, 0.05) is 21.7 Å². The van der Waals surface area contributed by atoms with Gasteiger partial charge >= 0.3 is 18.5 Å². The summed E-state index contributed by atoms with van der Waals surface area (Å²) in [5.41, 5.74) is -3.60. The zero-order valence-electron chi connectivity index (χ0n) is 18.1. The highest BCUT2D eigenvalue weighted by molar-refractivity contribution is 7.88. The molecular formula is C20H21F9NO4S+. The van der Waals surface area contributed by atoms with Crippen LogP contribution < -0.4 is 0 Å². The molecule has 1 aromatic rings. The molecule has 0 spiro atoms. The first-order valence-corrected chi connectivity index (χ1v) is 12.0. The van der Waals surface area contributed by atoms with Crippen LogP contribution in [0.5, 0.6) is 0 Å². The molecule has 3 atom stereocenters. The van der Waals surface area contributed by atoms with Crippen molar-refractivity contribution < 1.29 is 56.9 Å². The highest BCUT2D eigenvalue weighted by Gasteiger charge is 2.83. The van der Waals surface area contributed by atoms with Crippen molar-refractivity contribution in [2.24, 2.45) is 17.8 Å². The van der Waals surface area contributed by atoms with E-state index in [1.165, 1.54) is 6.92 Å². The fraction of sp³-hybridized carbons (Fsp3) is 0.700. The standard InChI is InChI=1S/C20H21F9NO4S/c1-2-30(31)16-5-3-4-14(18(21,22)23)13(16)10-34-35(32,33)17(19(24,25)26,20(27,28)29)15-9-11-6-7-12(15)8-11/h3-5,11-12,15H,2,6-10H2,1H3/q+1. The predicted molar refractivity (Wildman–Crippen MR) is 103 cm³/mol. The van der Waals surface area contributed by atoms with E-state index in [0.29, 0.717) is 12.5 Å². The summed E-state index contributed by atoms with van der Waals surface area (Å²) in [5, 5.41) is 0. The van der Waals surface area contributed by atoms with Gasteiger partial charge in [-0.2, -0.15) is 47.9 Å². The molecule has 198 valence electrons. The molecule has 2 saturated carbocycles. The van der Waals surface area contributed by atoms with Gasteiger partial charge in [0.05, 0.1) is 17.7 Å². The van der Waals surface area contributed by atoms with Crippen molar-refractivity contribution in [2.75, 3.05) is 6.54 Å². The van der Waals surface area contributed by atoms with Gasteiger partial charge < -0.3 is 0 Å². The van der Waals surface area contributed by atoms with Crippen molar-refractivity contribution in [3.05, 3.63) is 34.2 Å². The molecule has 2 aliphatic rings. The average molecular weight is 542 g/mol. The summed E-state index contributed by atoms with van der Waals surface area (Å²) >= 11 is 0. The summed E-state index contributed by atoms with van der Waals surface area (Å²) < 4.78 is 150. The molecule has 3 unspecified atom stereocenters. The minimum Gasteiger partial charge on any atom is -0.264 e. The number of nitroso groups, excluding NO2 is 1. The Hall–Kier alpha value is -1.90. The van der Waals surface area contributed by atoms with Gasteiger partial charge in [0.2, 0.25) is 0 Å². The summed E-state index contributed by atoms with van der Waals surface area (Å²) in [6.07, 6.45) is -18.3. The largest absolute Gasteiger partial charge is 0.419 e. The smallest absolute Gasteiger partial charge is 0.264 e. The van der Waals surface area contributed by atoms with E-state index < -0.39 is 87.5 Å². The van der Waals surface area contributed by atoms with Crippen LogP contribution in [0.2, 0.25) is 0 Å². The average Bonchev–Trinajstić information content (AvgIpc) is 3.32. The zero-order chi connectivity index (χ0) is 26.6. The highest BCUT2D eigenvalue weighted by atomic mass is 32.2. The summed E-state index contributed by atoms with van der Waals surface area (Å²) in [5.74, 6) is -4.13. The predicted octanol–water partition coefficient (Wildman–Crippen LogP) is 6.28. The van der Waals surface area contributed by atoms with Crippen molar-refractivity contribution in [1.82, 2.24) is 0 Å². The Bertz CT molecular complexity index is 1070. The van der Waals surface area contributed by atoms with E-state index in [1.54, 1.807) is 0 Å². The maximum atomic E-state index is 14.2. The van der Waals surface area contributed by atoms with Crippen LogP contribution >= 0.6 is 0 Å². The summed E-state index contributed by atoms with van der Waals surface area (Å²) in [7, 11) is -6.65. The zero-order valence-corrected chi connectivity index (χ0v) is 18.9. The molecule has 5 nitrogen and oxygen atoms in total. The molecule has 2 aliphatic carbocycles. The van der Waals surface area contributed by atoms with Gasteiger partial charge in [-0.1, -0.05) is 12.5 Å². The summed E-state index contributed by atoms with van der Waals surface area (Å²) in [6.45, 7) is -1.07. The van der Waals surface area contributed by atoms with Crippen LogP contribution in [0.1, 0.15) is 43.7 Å². The van der Waals surface area contributed by atoms with Crippen LogP contribution in [0.25, 0.3) is 0 Å². The number of hydrogen-bond acceptors (Lipinski definition) is 4. The van der Waals surface area contributed by atoms with Crippen molar-refractivity contribution in [3.8, 4) is 0 Å². The summed E-state index contributed by atoms with van der Waals surface area (Å²) in [6, 6.07) is 2.03. The molecule has 1 aromatic carbocycles. The van der Waals surface area contributed by atoms with Crippen molar-refractivity contribution in [3.63, 3.8) is 0 Å². The fourth-order valence-electron chi connectivity index (χ4n) is 5.42. The molecule has 0 aliphatic heterocycles. The van der Waals surface area contributed by atoms with Gasteiger partial charge in [0.15, 0.2) is 6.54 Å². The number of hydrogen-bond donors (Lipinski definition) is 0. The Morgan fingerprint density at radius 3 is 2.00 bits per heavy atom. The van der Waals surface area contributed by atoms with Gasteiger partial charge in [0.1, 0.15) is 0 Å². The Labute approximate surface area is 194 Å². The number of fused-ring (bicyclic) bond motifs is 2. The maximum Gasteiger partial charge on any atom is 0.419 e. The first-order chi connectivity index (χ1) is 15.9. The van der Waals surface area contributed by atoms with Crippen LogP contribution in [0.4, 0.5) is 45.2 Å². The van der Waals surface area contributed by atoms with Gasteiger partial charge in [-0.05, 0) is 44.1 Å². The normalized spacial score (nSPS) is 23.7. The quantitative estimate of drug-likeness (QED) is 0.231. The first-order valence-electron chi connectivity index (χ1n) is 10.5. The molecule has 0 amide bonds. The molecule has 3 rings (SSSR count). The number of rotatable bonds is 7. The van der Waals surface area contributed by atoms with Crippen molar-refractivity contribution in [2.45, 2.75) is 62.5 Å². The molecular weight excluding hydrogens is 521 g/mol. The number of nitrogens with zero attached hydrogens (tertiary/aromatic N) is 1. The SMILES string of the molecule is CC[N+](=O)c1cccc(C(F)(F)F)c1COS(=O)(=O)C(C1CC2CCC1C2)(C(F)(F)F)C(F)(F)F. The van der Waals surface area contributed by atoms with E-state index in [2.05, 4.69) is 4.18 Å². The minimum atomic E-state index is -6.65. The number of alkyl halides is 9. The maximum absolute atomic E-state index is 14.2. The van der Waals surface area contributed by atoms with Crippen LogP contribution in [-0.4, -0.2) is 36.8 Å². The van der Waals surface area contributed by atoms with Crippen molar-refractivity contribution in [1.29, 1.82) is 0 Å². The second kappa shape index (κ2) is 8.89. The van der Waals surface area contributed by atoms with Gasteiger partial charge in [0.25, 0.3) is 20.6 Å². The first kappa shape index (κ1) is 27.7. The van der Waals surface area contributed by atoms with Crippen molar-refractivity contribution >= 4 is 15.8 Å². The number of halogens is 9. The third kappa shape index (κ3) is 4.53. The Balaban J connectivity index is 2.14. The lowest BCUT2D eigenvalue weighted by atomic mass is 9.77. The van der Waals surface area contributed by atoms with Gasteiger partial charge in [-0.3, -0.25) is 4.18 Å². The van der Waals surface area contributed by atoms with E-state index in [1.807, 2.05) is 0 Å². The van der Waals surface area contributed by atoms with E-state index in [4.69, 9.17) is 0 Å². The highest BCUT2D eigenvalue weighted by Crippen LogP contribution is 2.63. The van der Waals surface area contributed by atoms with Gasteiger partial charge in [-0.25, -0.2) is 0 Å². The van der Waals surface area contributed by atoms with Crippen LogP contribution in [0.15, 0.2) is 18.2 Å². The summed E-state index contributed by atoms with van der Waals surface area (Å²) in [4.78, 5) is 12.0. The van der Waals surface area contributed by atoms with Crippen LogP contribution in [0.3, 0.4) is 0 Å². The molecule has 0 radical (unpaired) electrons. The Morgan fingerprint density at radius 1 is 0.971 bits per heavy atom. The van der Waals surface area contributed by atoms with E-state index in [9.17, 15) is 52.8 Å². The van der Waals surface area contributed by atoms with E-state index in [0.717, 1.165) is 12.1 Å². The van der Waals surface area contributed by atoms with Gasteiger partial charge in [-0.15, -0.1) is 0 Å². The molecule has 0 N–H and O–H groups in total. The molecule has 0 heterocycles. The van der Waals surface area contributed by atoms with Crippen LogP contribution in [-0.2, 0) is 27.1 Å². The lowest BCUT2D eigenvalue weighted by Gasteiger charge is -2.43. The lowest BCUT2D eigenvalue weighted by molar-refractivity contribution is -0.459. The molecule has 35 heavy (non-hydrogen) atoms. The van der Waals surface area contributed by atoms with E-state index >= 15 is 0 Å².